The molecular formula is C21H14N4O4S. The lowest BCUT2D eigenvalue weighted by Gasteiger charge is -2.18. The van der Waals surface area contributed by atoms with Crippen molar-refractivity contribution in [2.45, 2.75) is 6.54 Å². The van der Waals surface area contributed by atoms with Crippen molar-refractivity contribution in [1.82, 2.24) is 15.0 Å². The molecule has 5 rings (SSSR count). The van der Waals surface area contributed by atoms with Gasteiger partial charge in [-0.3, -0.25) is 14.4 Å². The number of carbonyl (C=O) groups excluding carboxylic acids is 2. The molecule has 1 aliphatic heterocycles. The Morgan fingerprint density at radius 1 is 1.13 bits per heavy atom. The monoisotopic (exact) mass is 418 g/mol. The largest absolute Gasteiger partial charge is 0.482 e. The number of fused-ring (bicyclic) bond motifs is 2. The lowest BCUT2D eigenvalue weighted by atomic mass is 10.1. The number of thiophene rings is 1. The molecule has 4 aromatic rings. The van der Waals surface area contributed by atoms with Crippen LogP contribution in [0.15, 0.2) is 59.4 Å². The molecule has 0 saturated heterocycles. The number of ether oxygens (including phenoxy) is 1. The minimum absolute atomic E-state index is 0.0586. The molecule has 1 aliphatic rings. The molecule has 0 atom stereocenters. The van der Waals surface area contributed by atoms with Crippen LogP contribution in [0.5, 0.6) is 5.75 Å². The summed E-state index contributed by atoms with van der Waals surface area (Å²) in [4.78, 5) is 38.5. The molecule has 9 heteroatoms. The molecule has 0 fully saturated rings. The van der Waals surface area contributed by atoms with Crippen molar-refractivity contribution in [3.05, 3.63) is 70.5 Å². The SMILES string of the molecule is O=C1COc2ccc(C(=O)Cn3nnc4sc(-c5ccccc5)cc4c3=O)cc2N1. The number of nitrogens with zero attached hydrogens (tertiary/aromatic N) is 3. The van der Waals surface area contributed by atoms with Crippen molar-refractivity contribution in [3.63, 3.8) is 0 Å². The summed E-state index contributed by atoms with van der Waals surface area (Å²) in [6, 6.07) is 16.2. The number of rotatable bonds is 4. The average Bonchev–Trinajstić information content (AvgIpc) is 3.21. The maximum atomic E-state index is 12.9. The lowest BCUT2D eigenvalue weighted by Crippen LogP contribution is -2.28. The Kier molecular flexibility index (Phi) is 4.36. The molecule has 0 unspecified atom stereocenters. The molecular weight excluding hydrogens is 404 g/mol. The van der Waals surface area contributed by atoms with Crippen molar-refractivity contribution < 1.29 is 14.3 Å². The Hall–Kier alpha value is -3.85. The van der Waals surface area contributed by atoms with Crippen molar-refractivity contribution in [2.75, 3.05) is 11.9 Å². The van der Waals surface area contributed by atoms with Crippen molar-refractivity contribution in [2.24, 2.45) is 0 Å². The Bertz CT molecular complexity index is 1360. The van der Waals surface area contributed by atoms with Crippen molar-refractivity contribution in [1.29, 1.82) is 0 Å². The van der Waals surface area contributed by atoms with Crippen molar-refractivity contribution in [3.8, 4) is 16.2 Å². The van der Waals surface area contributed by atoms with Crippen LogP contribution in [0.4, 0.5) is 5.69 Å². The zero-order chi connectivity index (χ0) is 20.7. The van der Waals surface area contributed by atoms with E-state index in [1.165, 1.54) is 17.4 Å². The fourth-order valence-electron chi connectivity index (χ4n) is 3.22. The maximum Gasteiger partial charge on any atom is 0.278 e. The molecule has 0 saturated carbocycles. The normalized spacial score (nSPS) is 12.9. The number of benzene rings is 2. The van der Waals surface area contributed by atoms with E-state index in [0.717, 1.165) is 15.1 Å². The molecule has 2 aromatic heterocycles. The zero-order valence-corrected chi connectivity index (χ0v) is 16.3. The number of ketones is 1. The van der Waals surface area contributed by atoms with Crippen LogP contribution in [-0.4, -0.2) is 33.3 Å². The van der Waals surface area contributed by atoms with Gasteiger partial charge in [-0.15, -0.1) is 16.4 Å². The van der Waals surface area contributed by atoms with E-state index in [9.17, 15) is 14.4 Å². The third kappa shape index (κ3) is 3.25. The summed E-state index contributed by atoms with van der Waals surface area (Å²) in [5, 5.41) is 11.1. The molecule has 0 aliphatic carbocycles. The van der Waals surface area contributed by atoms with Crippen LogP contribution in [0, 0.1) is 0 Å². The number of Topliss-reactive ketones (excluding diaryl/α,β-unsaturated/α-hetero) is 1. The molecule has 148 valence electrons. The molecule has 1 amide bonds. The lowest BCUT2D eigenvalue weighted by molar-refractivity contribution is -0.118. The molecule has 3 heterocycles. The second-order valence-electron chi connectivity index (χ2n) is 6.72. The van der Waals surface area contributed by atoms with Gasteiger partial charge in [0.05, 0.1) is 11.1 Å². The van der Waals surface area contributed by atoms with Gasteiger partial charge in [-0.25, -0.2) is 4.68 Å². The smallest absolute Gasteiger partial charge is 0.278 e. The molecule has 0 radical (unpaired) electrons. The molecule has 1 N–H and O–H groups in total. The summed E-state index contributed by atoms with van der Waals surface area (Å²) in [5.74, 6) is -0.116. The van der Waals surface area contributed by atoms with E-state index in [4.69, 9.17) is 4.74 Å². The third-order valence-corrected chi connectivity index (χ3v) is 5.78. The predicted molar refractivity (Wildman–Crippen MR) is 112 cm³/mol. The van der Waals surface area contributed by atoms with Gasteiger partial charge in [0.2, 0.25) is 0 Å². The second kappa shape index (κ2) is 7.20. The first-order chi connectivity index (χ1) is 14.6. The quantitative estimate of drug-likeness (QED) is 0.511. The van der Waals surface area contributed by atoms with E-state index in [-0.39, 0.29) is 30.4 Å². The Morgan fingerprint density at radius 2 is 1.97 bits per heavy atom. The van der Waals surface area contributed by atoms with Crippen molar-refractivity contribution >= 4 is 38.9 Å². The highest BCUT2D eigenvalue weighted by Crippen LogP contribution is 2.31. The van der Waals surface area contributed by atoms with Crippen LogP contribution < -0.4 is 15.6 Å². The summed E-state index contributed by atoms with van der Waals surface area (Å²) in [6.45, 7) is -0.317. The van der Waals surface area contributed by atoms with Gasteiger partial charge in [-0.05, 0) is 29.8 Å². The number of nitrogens with one attached hydrogen (secondary N) is 1. The zero-order valence-electron chi connectivity index (χ0n) is 15.5. The minimum Gasteiger partial charge on any atom is -0.482 e. The molecule has 30 heavy (non-hydrogen) atoms. The highest BCUT2D eigenvalue weighted by atomic mass is 32.1. The Morgan fingerprint density at radius 3 is 2.80 bits per heavy atom. The van der Waals surface area contributed by atoms with Gasteiger partial charge in [0.25, 0.3) is 11.5 Å². The fraction of sp³-hybridized carbons (Fsp3) is 0.0952. The maximum absolute atomic E-state index is 12.9. The Labute approximate surface area is 173 Å². The summed E-state index contributed by atoms with van der Waals surface area (Å²) >= 11 is 1.38. The first-order valence-corrected chi connectivity index (χ1v) is 9.93. The van der Waals surface area contributed by atoms with E-state index >= 15 is 0 Å². The predicted octanol–water partition coefficient (Wildman–Crippen LogP) is 2.73. The van der Waals surface area contributed by atoms with Gasteiger partial charge in [0.1, 0.15) is 12.3 Å². The van der Waals surface area contributed by atoms with Crippen LogP contribution >= 0.6 is 11.3 Å². The topological polar surface area (TPSA) is 103 Å². The first kappa shape index (κ1) is 18.2. The number of amides is 1. The Balaban J connectivity index is 1.45. The highest BCUT2D eigenvalue weighted by molar-refractivity contribution is 7.21. The van der Waals surface area contributed by atoms with Crippen LogP contribution in [-0.2, 0) is 11.3 Å². The van der Waals surface area contributed by atoms with Gasteiger partial charge in [0, 0.05) is 10.4 Å². The van der Waals surface area contributed by atoms with Crippen LogP contribution in [0.25, 0.3) is 20.7 Å². The van der Waals surface area contributed by atoms with Gasteiger partial charge < -0.3 is 10.1 Å². The summed E-state index contributed by atoms with van der Waals surface area (Å²) in [5.41, 5.74) is 1.38. The van der Waals surface area contributed by atoms with Gasteiger partial charge >= 0.3 is 0 Å². The number of carbonyl (C=O) groups is 2. The fourth-order valence-corrected chi connectivity index (χ4v) is 4.19. The van der Waals surface area contributed by atoms with Crippen LogP contribution in [0.1, 0.15) is 10.4 Å². The second-order valence-corrected chi connectivity index (χ2v) is 7.75. The summed E-state index contributed by atoms with van der Waals surface area (Å²) in [7, 11) is 0. The first-order valence-electron chi connectivity index (χ1n) is 9.11. The standard InChI is InChI=1S/C21H14N4O4S/c26-16(13-6-7-17-15(8-13)22-19(27)11-29-17)10-25-21(28)14-9-18(30-20(14)23-24-25)12-4-2-1-3-5-12/h1-9H,10-11H2,(H,22,27). The number of anilines is 1. The molecule has 0 bridgehead atoms. The van der Waals surface area contributed by atoms with E-state index in [2.05, 4.69) is 15.6 Å². The van der Waals surface area contributed by atoms with E-state index in [1.807, 2.05) is 30.3 Å². The number of hydrogen-bond acceptors (Lipinski definition) is 7. The molecule has 8 nitrogen and oxygen atoms in total. The number of aromatic nitrogens is 3. The van der Waals surface area contributed by atoms with Gasteiger partial charge in [-0.1, -0.05) is 35.5 Å². The molecule has 0 spiro atoms. The highest BCUT2D eigenvalue weighted by Gasteiger charge is 2.19. The van der Waals surface area contributed by atoms with Crippen LogP contribution in [0.2, 0.25) is 0 Å². The van der Waals surface area contributed by atoms with E-state index < -0.39 is 0 Å². The average molecular weight is 418 g/mol. The van der Waals surface area contributed by atoms with E-state index in [0.29, 0.717) is 27.2 Å². The van der Waals surface area contributed by atoms with E-state index in [1.54, 1.807) is 18.2 Å². The molecule has 2 aromatic carbocycles. The third-order valence-electron chi connectivity index (χ3n) is 4.71. The van der Waals surface area contributed by atoms with Gasteiger partial charge in [-0.2, -0.15) is 0 Å². The summed E-state index contributed by atoms with van der Waals surface area (Å²) in [6.07, 6.45) is 0. The van der Waals surface area contributed by atoms with Crippen LogP contribution in [0.3, 0.4) is 0 Å². The minimum atomic E-state index is -0.374. The number of hydrogen-bond donors (Lipinski definition) is 1. The summed E-state index contributed by atoms with van der Waals surface area (Å²) < 4.78 is 6.35. The van der Waals surface area contributed by atoms with Gasteiger partial charge in [0.15, 0.2) is 17.2 Å².